The Morgan fingerprint density at radius 2 is 1.86 bits per heavy atom. The molecule has 0 bridgehead atoms. The van der Waals surface area contributed by atoms with Crippen LogP contribution >= 0.6 is 11.6 Å². The predicted octanol–water partition coefficient (Wildman–Crippen LogP) is 2.73. The zero-order valence-corrected chi connectivity index (χ0v) is 13.5. The topological polar surface area (TPSA) is 57.6 Å². The fraction of sp³-hybridized carbons (Fsp3) is 0.467. The van der Waals surface area contributed by atoms with E-state index in [-0.39, 0.29) is 12.0 Å². The van der Waals surface area contributed by atoms with Gasteiger partial charge in [0.25, 0.3) is 0 Å². The van der Waals surface area contributed by atoms with Gasteiger partial charge in [-0.05, 0) is 49.5 Å². The first-order valence-corrected chi connectivity index (χ1v) is 8.88. The van der Waals surface area contributed by atoms with Crippen LogP contribution in [0.1, 0.15) is 25.3 Å². The molecule has 0 aliphatic carbocycles. The van der Waals surface area contributed by atoms with E-state index in [0.29, 0.717) is 31.0 Å². The van der Waals surface area contributed by atoms with Crippen molar-refractivity contribution in [2.24, 2.45) is 5.92 Å². The number of benzene rings is 1. The van der Waals surface area contributed by atoms with Gasteiger partial charge >= 0.3 is 0 Å². The number of hydrogen-bond donors (Lipinski definition) is 1. The summed E-state index contributed by atoms with van der Waals surface area (Å²) in [5.74, 6) is 0.191. The van der Waals surface area contributed by atoms with Gasteiger partial charge in [-0.25, -0.2) is 8.42 Å². The maximum atomic E-state index is 12.3. The lowest BCUT2D eigenvalue weighted by molar-refractivity contribution is 0.0914. The quantitative estimate of drug-likeness (QED) is 0.924. The summed E-state index contributed by atoms with van der Waals surface area (Å²) < 4.78 is 26.0. The molecule has 0 amide bonds. The van der Waals surface area contributed by atoms with Crippen molar-refractivity contribution in [3.8, 4) is 0 Å². The van der Waals surface area contributed by atoms with E-state index in [2.05, 4.69) is 0 Å². The molecule has 116 valence electrons. The third-order valence-corrected chi connectivity index (χ3v) is 5.66. The number of aliphatic hydroxyl groups excluding tert-OH is 1. The number of aliphatic hydroxyl groups is 1. The normalized spacial score (nSPS) is 20.0. The minimum absolute atomic E-state index is 0.191. The van der Waals surface area contributed by atoms with Gasteiger partial charge in [-0.15, -0.1) is 0 Å². The van der Waals surface area contributed by atoms with Gasteiger partial charge < -0.3 is 5.11 Å². The molecule has 1 atom stereocenters. The van der Waals surface area contributed by atoms with Crippen molar-refractivity contribution < 1.29 is 13.5 Å². The summed E-state index contributed by atoms with van der Waals surface area (Å²) in [7, 11) is -3.40. The van der Waals surface area contributed by atoms with Gasteiger partial charge in [0.15, 0.2) is 0 Å². The summed E-state index contributed by atoms with van der Waals surface area (Å²) >= 11 is 5.79. The van der Waals surface area contributed by atoms with Gasteiger partial charge in [-0.3, -0.25) is 0 Å². The molecule has 4 nitrogen and oxygen atoms in total. The van der Waals surface area contributed by atoms with Crippen molar-refractivity contribution in [2.45, 2.75) is 25.9 Å². The van der Waals surface area contributed by atoms with Crippen LogP contribution in [0.2, 0.25) is 5.02 Å². The third-order valence-electron chi connectivity index (χ3n) is 3.84. The Kier molecular flexibility index (Phi) is 5.43. The van der Waals surface area contributed by atoms with E-state index >= 15 is 0 Å². The van der Waals surface area contributed by atoms with E-state index in [1.54, 1.807) is 37.3 Å². The van der Waals surface area contributed by atoms with Crippen LogP contribution in [0.25, 0.3) is 6.08 Å². The molecule has 1 aromatic carbocycles. The first-order valence-electron chi connectivity index (χ1n) is 7.00. The van der Waals surface area contributed by atoms with Gasteiger partial charge in [0.05, 0.1) is 6.10 Å². The molecule has 1 N–H and O–H groups in total. The zero-order valence-electron chi connectivity index (χ0n) is 11.9. The first kappa shape index (κ1) is 16.5. The van der Waals surface area contributed by atoms with Gasteiger partial charge in [0, 0.05) is 23.5 Å². The lowest BCUT2D eigenvalue weighted by Gasteiger charge is -2.31. The third kappa shape index (κ3) is 4.54. The smallest absolute Gasteiger partial charge is 0.236 e. The fourth-order valence-corrected chi connectivity index (χ4v) is 3.78. The standard InChI is InChI=1S/C15H20ClNO3S/c1-12(18)14-6-9-17(10-7-14)21(19,20)11-8-13-2-4-15(16)5-3-13/h2-5,8,11-12,14,18H,6-7,9-10H2,1H3/b11-8+. The molecule has 1 aromatic rings. The van der Waals surface area contributed by atoms with Gasteiger partial charge in [0.1, 0.15) is 0 Å². The van der Waals surface area contributed by atoms with E-state index in [9.17, 15) is 13.5 Å². The zero-order chi connectivity index (χ0) is 15.5. The van der Waals surface area contributed by atoms with Crippen LogP contribution in [0, 0.1) is 5.92 Å². The highest BCUT2D eigenvalue weighted by Crippen LogP contribution is 2.23. The molecule has 2 rings (SSSR count). The Morgan fingerprint density at radius 1 is 1.29 bits per heavy atom. The van der Waals surface area contributed by atoms with E-state index in [4.69, 9.17) is 11.6 Å². The molecule has 0 aromatic heterocycles. The molecule has 1 saturated heterocycles. The molecule has 1 heterocycles. The van der Waals surface area contributed by atoms with Crippen molar-refractivity contribution in [2.75, 3.05) is 13.1 Å². The van der Waals surface area contributed by atoms with Crippen molar-refractivity contribution >= 4 is 27.7 Å². The number of halogens is 1. The van der Waals surface area contributed by atoms with E-state index < -0.39 is 10.0 Å². The molecular weight excluding hydrogens is 310 g/mol. The van der Waals surface area contributed by atoms with Crippen molar-refractivity contribution in [3.05, 3.63) is 40.3 Å². The van der Waals surface area contributed by atoms with Crippen LogP contribution in [0.3, 0.4) is 0 Å². The van der Waals surface area contributed by atoms with Gasteiger partial charge in [0.2, 0.25) is 10.0 Å². The van der Waals surface area contributed by atoms with Crippen LogP contribution in [-0.4, -0.2) is 37.0 Å². The highest BCUT2D eigenvalue weighted by atomic mass is 35.5. The van der Waals surface area contributed by atoms with Crippen LogP contribution in [0.15, 0.2) is 29.7 Å². The fourth-order valence-electron chi connectivity index (χ4n) is 2.44. The predicted molar refractivity (Wildman–Crippen MR) is 85.4 cm³/mol. The van der Waals surface area contributed by atoms with Crippen molar-refractivity contribution in [1.29, 1.82) is 0 Å². The molecule has 1 unspecified atom stereocenters. The number of nitrogens with zero attached hydrogens (tertiary/aromatic N) is 1. The van der Waals surface area contributed by atoms with Gasteiger partial charge in [-0.2, -0.15) is 4.31 Å². The average molecular weight is 330 g/mol. The molecule has 1 aliphatic heterocycles. The van der Waals surface area contributed by atoms with E-state index in [0.717, 1.165) is 5.56 Å². The average Bonchev–Trinajstić information content (AvgIpc) is 2.47. The first-order chi connectivity index (χ1) is 9.88. The van der Waals surface area contributed by atoms with E-state index in [1.807, 2.05) is 0 Å². The maximum absolute atomic E-state index is 12.3. The minimum Gasteiger partial charge on any atom is -0.393 e. The largest absolute Gasteiger partial charge is 0.393 e. The highest BCUT2D eigenvalue weighted by Gasteiger charge is 2.28. The Morgan fingerprint density at radius 3 is 2.38 bits per heavy atom. The summed E-state index contributed by atoms with van der Waals surface area (Å²) in [5, 5.41) is 11.4. The Balaban J connectivity index is 2.01. The molecule has 1 fully saturated rings. The minimum atomic E-state index is -3.40. The maximum Gasteiger partial charge on any atom is 0.236 e. The second-order valence-electron chi connectivity index (χ2n) is 5.38. The Bertz CT molecular complexity index is 588. The van der Waals surface area contributed by atoms with Crippen LogP contribution in [-0.2, 0) is 10.0 Å². The summed E-state index contributed by atoms with van der Waals surface area (Å²) in [6.45, 7) is 2.68. The lowest BCUT2D eigenvalue weighted by Crippen LogP contribution is -2.39. The van der Waals surface area contributed by atoms with Crippen LogP contribution in [0.4, 0.5) is 0 Å². The van der Waals surface area contributed by atoms with Crippen molar-refractivity contribution in [1.82, 2.24) is 4.31 Å². The summed E-state index contributed by atoms with van der Waals surface area (Å²) in [6.07, 6.45) is 2.60. The van der Waals surface area contributed by atoms with Crippen LogP contribution < -0.4 is 0 Å². The second kappa shape index (κ2) is 6.92. The Labute approximate surface area is 131 Å². The molecular formula is C15H20ClNO3S. The monoisotopic (exact) mass is 329 g/mol. The summed E-state index contributed by atoms with van der Waals surface area (Å²) in [4.78, 5) is 0. The molecule has 1 aliphatic rings. The molecule has 0 radical (unpaired) electrons. The molecule has 0 spiro atoms. The summed E-state index contributed by atoms with van der Waals surface area (Å²) in [5.41, 5.74) is 0.793. The second-order valence-corrected chi connectivity index (χ2v) is 7.63. The number of piperidine rings is 1. The molecule has 0 saturated carbocycles. The summed E-state index contributed by atoms with van der Waals surface area (Å²) in [6, 6.07) is 6.99. The molecule has 21 heavy (non-hydrogen) atoms. The Hall–Kier alpha value is -0.880. The SMILES string of the molecule is CC(O)C1CCN(S(=O)(=O)/C=C/c2ccc(Cl)cc2)CC1. The number of hydrogen-bond acceptors (Lipinski definition) is 3. The number of sulfonamides is 1. The van der Waals surface area contributed by atoms with Crippen molar-refractivity contribution in [3.63, 3.8) is 0 Å². The number of rotatable bonds is 4. The van der Waals surface area contributed by atoms with Crippen LogP contribution in [0.5, 0.6) is 0 Å². The van der Waals surface area contributed by atoms with Gasteiger partial charge in [-0.1, -0.05) is 23.7 Å². The van der Waals surface area contributed by atoms with E-state index in [1.165, 1.54) is 9.71 Å². The molecule has 6 heteroatoms. The highest BCUT2D eigenvalue weighted by molar-refractivity contribution is 7.92. The lowest BCUT2D eigenvalue weighted by atomic mass is 9.93.